The van der Waals surface area contributed by atoms with Crippen molar-refractivity contribution in [3.63, 3.8) is 0 Å². The van der Waals surface area contributed by atoms with E-state index in [-0.39, 0.29) is 23.6 Å². The molecule has 0 aromatic heterocycles. The Morgan fingerprint density at radius 3 is 2.50 bits per heavy atom. The van der Waals surface area contributed by atoms with Crippen LogP contribution in [0, 0.1) is 19.8 Å². The number of Topliss-reactive ketones (excluding diaryl/α,β-unsaturated/α-hetero) is 1. The van der Waals surface area contributed by atoms with Gasteiger partial charge < -0.3 is 15.4 Å². The van der Waals surface area contributed by atoms with E-state index in [0.717, 1.165) is 40.8 Å². The number of benzene rings is 3. The molecule has 0 saturated carbocycles. The van der Waals surface area contributed by atoms with E-state index >= 15 is 0 Å². The van der Waals surface area contributed by atoms with E-state index in [1.165, 1.54) is 0 Å². The molecule has 2 spiro atoms. The van der Waals surface area contributed by atoms with Crippen LogP contribution in [0.1, 0.15) is 45.5 Å². The van der Waals surface area contributed by atoms with Crippen LogP contribution < -0.4 is 15.4 Å². The first-order chi connectivity index (χ1) is 18.3. The van der Waals surface area contributed by atoms with Gasteiger partial charge in [0.25, 0.3) is 0 Å². The number of anilines is 2. The molecule has 7 heteroatoms. The van der Waals surface area contributed by atoms with Gasteiger partial charge in [-0.05, 0) is 74.7 Å². The maximum Gasteiger partial charge on any atom is 0.250 e. The lowest BCUT2D eigenvalue weighted by molar-refractivity contribution is -0.128. The van der Waals surface area contributed by atoms with Crippen molar-refractivity contribution in [2.45, 2.75) is 43.7 Å². The number of para-hydroxylation sites is 1. The third-order valence-corrected chi connectivity index (χ3v) is 9.21. The molecule has 4 atom stereocenters. The summed E-state index contributed by atoms with van der Waals surface area (Å²) in [6.07, 6.45) is 1.57. The largest absolute Gasteiger partial charge is 0.497 e. The molecule has 0 bridgehead atoms. The molecular formula is C31H29N3O4. The highest BCUT2D eigenvalue weighted by atomic mass is 16.5. The van der Waals surface area contributed by atoms with Crippen LogP contribution in [0.25, 0.3) is 0 Å². The quantitative estimate of drug-likeness (QED) is 0.516. The minimum Gasteiger partial charge on any atom is -0.497 e. The van der Waals surface area contributed by atoms with Gasteiger partial charge in [-0.1, -0.05) is 35.9 Å². The molecule has 3 aromatic carbocycles. The molecule has 7 nitrogen and oxygen atoms in total. The normalized spacial score (nSPS) is 28.8. The van der Waals surface area contributed by atoms with Crippen molar-refractivity contribution in [3.05, 3.63) is 88.5 Å². The number of rotatable bonds is 3. The Kier molecular flexibility index (Phi) is 4.74. The van der Waals surface area contributed by atoms with Gasteiger partial charge in [-0.3, -0.25) is 19.3 Å². The number of hydrogen-bond donors (Lipinski definition) is 2. The highest BCUT2D eigenvalue weighted by molar-refractivity contribution is 6.19. The molecule has 0 radical (unpaired) electrons. The summed E-state index contributed by atoms with van der Waals surface area (Å²) in [4.78, 5) is 45.7. The van der Waals surface area contributed by atoms with E-state index in [9.17, 15) is 14.4 Å². The molecule has 4 aliphatic heterocycles. The van der Waals surface area contributed by atoms with Gasteiger partial charge in [0.1, 0.15) is 16.7 Å². The number of methoxy groups -OCH3 is 1. The fourth-order valence-electron chi connectivity index (χ4n) is 7.92. The minimum absolute atomic E-state index is 0.204. The van der Waals surface area contributed by atoms with Crippen LogP contribution in [0.5, 0.6) is 5.75 Å². The van der Waals surface area contributed by atoms with E-state index in [0.29, 0.717) is 23.5 Å². The summed E-state index contributed by atoms with van der Waals surface area (Å²) in [6, 6.07) is 18.4. The van der Waals surface area contributed by atoms with Crippen LogP contribution in [-0.2, 0) is 20.5 Å². The smallest absolute Gasteiger partial charge is 0.250 e. The van der Waals surface area contributed by atoms with Crippen LogP contribution in [0.15, 0.2) is 60.7 Å². The van der Waals surface area contributed by atoms with Crippen molar-refractivity contribution in [1.29, 1.82) is 0 Å². The Labute approximate surface area is 221 Å². The number of hydrogen-bond acceptors (Lipinski definition) is 5. The Bertz CT molecular complexity index is 1550. The summed E-state index contributed by atoms with van der Waals surface area (Å²) in [5, 5.41) is 6.25. The summed E-state index contributed by atoms with van der Waals surface area (Å²) < 4.78 is 5.33. The number of ether oxygens (including phenoxy) is 1. The number of carbonyl (C=O) groups excluding carboxylic acids is 3. The van der Waals surface area contributed by atoms with Crippen molar-refractivity contribution in [1.82, 2.24) is 4.90 Å². The van der Waals surface area contributed by atoms with E-state index in [1.54, 1.807) is 31.4 Å². The second-order valence-corrected chi connectivity index (χ2v) is 11.0. The van der Waals surface area contributed by atoms with E-state index in [4.69, 9.17) is 4.74 Å². The number of nitrogens with zero attached hydrogens (tertiary/aromatic N) is 1. The van der Waals surface area contributed by atoms with Gasteiger partial charge >= 0.3 is 0 Å². The molecule has 38 heavy (non-hydrogen) atoms. The van der Waals surface area contributed by atoms with E-state index in [2.05, 4.69) is 15.5 Å². The molecule has 192 valence electrons. The number of carbonyl (C=O) groups is 3. The van der Waals surface area contributed by atoms with Crippen LogP contribution in [-0.4, -0.2) is 42.2 Å². The lowest BCUT2D eigenvalue weighted by Gasteiger charge is -2.38. The average Bonchev–Trinajstić information content (AvgIpc) is 3.63. The van der Waals surface area contributed by atoms with Gasteiger partial charge in [-0.25, -0.2) is 0 Å². The number of fused-ring (bicyclic) bond motifs is 7. The molecular weight excluding hydrogens is 478 g/mol. The zero-order valence-corrected chi connectivity index (χ0v) is 21.6. The second kappa shape index (κ2) is 7.77. The Hall–Kier alpha value is -3.97. The van der Waals surface area contributed by atoms with Crippen molar-refractivity contribution in [2.75, 3.05) is 24.3 Å². The lowest BCUT2D eigenvalue weighted by atomic mass is 9.59. The highest BCUT2D eigenvalue weighted by Gasteiger charge is 2.78. The molecule has 4 heterocycles. The van der Waals surface area contributed by atoms with Gasteiger partial charge in [-0.2, -0.15) is 0 Å². The molecule has 7 rings (SSSR count). The van der Waals surface area contributed by atoms with Gasteiger partial charge in [0.15, 0.2) is 5.78 Å². The first kappa shape index (κ1) is 23.2. The third kappa shape index (κ3) is 2.59. The summed E-state index contributed by atoms with van der Waals surface area (Å²) in [5.41, 5.74) is 2.98. The monoisotopic (exact) mass is 507 g/mol. The van der Waals surface area contributed by atoms with Gasteiger partial charge in [0, 0.05) is 28.5 Å². The topological polar surface area (TPSA) is 87.7 Å². The van der Waals surface area contributed by atoms with Crippen molar-refractivity contribution < 1.29 is 19.1 Å². The lowest BCUT2D eigenvalue weighted by Crippen LogP contribution is -2.55. The molecule has 3 aromatic rings. The number of nitrogens with one attached hydrogen (secondary N) is 2. The van der Waals surface area contributed by atoms with Crippen molar-refractivity contribution >= 4 is 29.0 Å². The van der Waals surface area contributed by atoms with Crippen LogP contribution >= 0.6 is 0 Å². The standard InChI is InChI=1S/C31H29N3O4/c1-17-15-18(2)25-22(16-17)31(29(37)33-25)27(26(35)19-10-12-20(38-3)13-11-19)30(24-9-6-14-34(24)31)21-7-4-5-8-23(21)32-28(30)36/h4-5,7-8,10-13,15-16,24,27H,6,9,14H2,1-3H3,(H,32,36)(H,33,37)/t24-,27-,30+,31+/m0/s1. The Morgan fingerprint density at radius 1 is 0.974 bits per heavy atom. The molecule has 2 saturated heterocycles. The predicted octanol–water partition coefficient (Wildman–Crippen LogP) is 4.33. The van der Waals surface area contributed by atoms with Crippen LogP contribution in [0.3, 0.4) is 0 Å². The van der Waals surface area contributed by atoms with Crippen LogP contribution in [0.2, 0.25) is 0 Å². The summed E-state index contributed by atoms with van der Waals surface area (Å²) >= 11 is 0. The fourth-order valence-corrected chi connectivity index (χ4v) is 7.92. The number of amides is 2. The average molecular weight is 508 g/mol. The molecule has 2 fully saturated rings. The predicted molar refractivity (Wildman–Crippen MR) is 144 cm³/mol. The fraction of sp³-hybridized carbons (Fsp3) is 0.323. The molecule has 4 aliphatic rings. The van der Waals surface area contributed by atoms with Crippen molar-refractivity contribution in [2.24, 2.45) is 5.92 Å². The molecule has 0 unspecified atom stereocenters. The number of ketones is 1. The zero-order chi connectivity index (χ0) is 26.4. The molecule has 2 N–H and O–H groups in total. The third-order valence-electron chi connectivity index (χ3n) is 9.21. The Balaban J connectivity index is 1.57. The SMILES string of the molecule is COc1ccc(C(=O)[C@H]2[C@]3(C(=O)Nc4ccccc43)[C@@H]3CCCN3[C@@]23C(=O)Nc2c(C)cc(C)cc23)cc1. The van der Waals surface area contributed by atoms with Crippen LogP contribution in [0.4, 0.5) is 11.4 Å². The van der Waals surface area contributed by atoms with E-state index in [1.807, 2.05) is 50.2 Å². The number of aryl methyl sites for hydroxylation is 2. The van der Waals surface area contributed by atoms with Crippen molar-refractivity contribution in [3.8, 4) is 5.75 Å². The van der Waals surface area contributed by atoms with Gasteiger partial charge in [0.05, 0.1) is 13.0 Å². The molecule has 0 aliphatic carbocycles. The maximum absolute atomic E-state index is 14.9. The first-order valence-corrected chi connectivity index (χ1v) is 13.1. The maximum atomic E-state index is 14.9. The van der Waals surface area contributed by atoms with Gasteiger partial charge in [-0.15, -0.1) is 0 Å². The summed E-state index contributed by atoms with van der Waals surface area (Å²) in [7, 11) is 1.58. The minimum atomic E-state index is -1.31. The van der Waals surface area contributed by atoms with Gasteiger partial charge in [0.2, 0.25) is 11.8 Å². The summed E-state index contributed by atoms with van der Waals surface area (Å²) in [6.45, 7) is 4.62. The second-order valence-electron chi connectivity index (χ2n) is 11.0. The highest BCUT2D eigenvalue weighted by Crippen LogP contribution is 2.66. The zero-order valence-electron chi connectivity index (χ0n) is 21.6. The Morgan fingerprint density at radius 2 is 1.74 bits per heavy atom. The molecule has 2 amide bonds. The first-order valence-electron chi connectivity index (χ1n) is 13.1. The van der Waals surface area contributed by atoms with E-state index < -0.39 is 16.9 Å². The summed E-state index contributed by atoms with van der Waals surface area (Å²) in [5.74, 6) is -0.966.